The Labute approximate surface area is 97.2 Å². The van der Waals surface area contributed by atoms with Crippen LogP contribution in [0.3, 0.4) is 0 Å². The minimum atomic E-state index is -0.0998. The minimum Gasteiger partial charge on any atom is -0.310 e. The summed E-state index contributed by atoms with van der Waals surface area (Å²) in [4.78, 5) is 0. The lowest BCUT2D eigenvalue weighted by Gasteiger charge is -2.26. The van der Waals surface area contributed by atoms with Gasteiger partial charge in [-0.3, -0.25) is 0 Å². The lowest BCUT2D eigenvalue weighted by molar-refractivity contribution is 0.336. The SMILES string of the molecule is Fc1ccc(I)cc1CNC1CCC1. The number of benzene rings is 1. The molecule has 1 aliphatic carbocycles. The van der Waals surface area contributed by atoms with Gasteiger partial charge in [-0.05, 0) is 53.6 Å². The molecule has 0 radical (unpaired) electrons. The van der Waals surface area contributed by atoms with Gasteiger partial charge in [0.15, 0.2) is 0 Å². The number of rotatable bonds is 3. The molecule has 0 saturated heterocycles. The quantitative estimate of drug-likeness (QED) is 0.846. The summed E-state index contributed by atoms with van der Waals surface area (Å²) in [6, 6.07) is 5.86. The Kier molecular flexibility index (Phi) is 3.38. The summed E-state index contributed by atoms with van der Waals surface area (Å²) in [5.41, 5.74) is 0.781. The van der Waals surface area contributed by atoms with E-state index < -0.39 is 0 Å². The second kappa shape index (κ2) is 4.57. The minimum absolute atomic E-state index is 0.0998. The predicted octanol–water partition coefficient (Wildman–Crippen LogP) is 3.07. The summed E-state index contributed by atoms with van der Waals surface area (Å²) in [6.07, 6.45) is 3.80. The summed E-state index contributed by atoms with van der Waals surface area (Å²) >= 11 is 2.21. The standard InChI is InChI=1S/C11H13FIN/c12-11-5-4-9(13)6-8(11)7-14-10-2-1-3-10/h4-6,10,14H,1-3,7H2. The summed E-state index contributed by atoms with van der Waals surface area (Å²) in [7, 11) is 0. The second-order valence-electron chi connectivity index (χ2n) is 3.74. The van der Waals surface area contributed by atoms with E-state index in [2.05, 4.69) is 27.9 Å². The van der Waals surface area contributed by atoms with E-state index in [9.17, 15) is 4.39 Å². The van der Waals surface area contributed by atoms with E-state index in [4.69, 9.17) is 0 Å². The Morgan fingerprint density at radius 2 is 2.21 bits per heavy atom. The van der Waals surface area contributed by atoms with Crippen molar-refractivity contribution < 1.29 is 4.39 Å². The van der Waals surface area contributed by atoms with Crippen LogP contribution >= 0.6 is 22.6 Å². The molecule has 1 N–H and O–H groups in total. The van der Waals surface area contributed by atoms with E-state index in [0.717, 1.165) is 9.13 Å². The monoisotopic (exact) mass is 305 g/mol. The molecule has 1 nitrogen and oxygen atoms in total. The highest BCUT2D eigenvalue weighted by Crippen LogP contribution is 2.19. The summed E-state index contributed by atoms with van der Waals surface area (Å²) in [6.45, 7) is 0.660. The largest absolute Gasteiger partial charge is 0.310 e. The number of hydrogen-bond acceptors (Lipinski definition) is 1. The molecule has 0 heterocycles. The van der Waals surface area contributed by atoms with E-state index in [1.165, 1.54) is 19.3 Å². The molecular formula is C11H13FIN. The third-order valence-electron chi connectivity index (χ3n) is 2.69. The van der Waals surface area contributed by atoms with Crippen molar-refractivity contribution in [2.45, 2.75) is 31.8 Å². The average molecular weight is 305 g/mol. The van der Waals surface area contributed by atoms with Crippen LogP contribution in [0.5, 0.6) is 0 Å². The van der Waals surface area contributed by atoms with Gasteiger partial charge in [-0.25, -0.2) is 4.39 Å². The van der Waals surface area contributed by atoms with Crippen molar-refractivity contribution in [3.63, 3.8) is 0 Å². The molecule has 1 saturated carbocycles. The Morgan fingerprint density at radius 1 is 1.43 bits per heavy atom. The average Bonchev–Trinajstić information content (AvgIpc) is 2.08. The molecule has 1 fully saturated rings. The van der Waals surface area contributed by atoms with Crippen molar-refractivity contribution in [3.8, 4) is 0 Å². The van der Waals surface area contributed by atoms with Gasteiger partial charge in [0.2, 0.25) is 0 Å². The van der Waals surface area contributed by atoms with Gasteiger partial charge in [-0.15, -0.1) is 0 Å². The molecule has 0 spiro atoms. The summed E-state index contributed by atoms with van der Waals surface area (Å²) in [5.74, 6) is -0.0998. The van der Waals surface area contributed by atoms with Crippen LogP contribution in [0.1, 0.15) is 24.8 Å². The topological polar surface area (TPSA) is 12.0 Å². The van der Waals surface area contributed by atoms with Crippen LogP contribution in [0.15, 0.2) is 18.2 Å². The highest BCUT2D eigenvalue weighted by atomic mass is 127. The molecule has 0 bridgehead atoms. The maximum absolute atomic E-state index is 13.3. The molecule has 0 aromatic heterocycles. The normalized spacial score (nSPS) is 16.7. The van der Waals surface area contributed by atoms with Crippen molar-refractivity contribution in [1.29, 1.82) is 0 Å². The van der Waals surface area contributed by atoms with Gasteiger partial charge in [0.1, 0.15) is 5.82 Å². The summed E-state index contributed by atoms with van der Waals surface area (Å²) < 4.78 is 14.4. The van der Waals surface area contributed by atoms with E-state index in [1.54, 1.807) is 12.1 Å². The summed E-state index contributed by atoms with van der Waals surface area (Å²) in [5, 5.41) is 3.36. The fraction of sp³-hybridized carbons (Fsp3) is 0.455. The Morgan fingerprint density at radius 3 is 2.86 bits per heavy atom. The van der Waals surface area contributed by atoms with Gasteiger partial charge in [0.25, 0.3) is 0 Å². The highest BCUT2D eigenvalue weighted by Gasteiger charge is 2.16. The molecule has 1 aromatic rings. The number of halogens is 2. The fourth-order valence-corrected chi connectivity index (χ4v) is 2.10. The zero-order chi connectivity index (χ0) is 9.97. The molecule has 14 heavy (non-hydrogen) atoms. The maximum Gasteiger partial charge on any atom is 0.127 e. The van der Waals surface area contributed by atoms with Gasteiger partial charge in [-0.1, -0.05) is 6.42 Å². The van der Waals surface area contributed by atoms with E-state index in [0.29, 0.717) is 12.6 Å². The molecule has 0 amide bonds. The molecule has 1 aliphatic rings. The fourth-order valence-electron chi connectivity index (χ4n) is 1.55. The lowest BCUT2D eigenvalue weighted by Crippen LogP contribution is -2.34. The van der Waals surface area contributed by atoms with Crippen LogP contribution in [0.2, 0.25) is 0 Å². The van der Waals surface area contributed by atoms with Gasteiger partial charge in [0, 0.05) is 21.7 Å². The zero-order valence-electron chi connectivity index (χ0n) is 7.89. The molecule has 76 valence electrons. The molecule has 0 unspecified atom stereocenters. The van der Waals surface area contributed by atoms with E-state index >= 15 is 0 Å². The second-order valence-corrected chi connectivity index (χ2v) is 4.99. The van der Waals surface area contributed by atoms with Crippen LogP contribution in [-0.2, 0) is 6.54 Å². The van der Waals surface area contributed by atoms with Gasteiger partial charge in [0.05, 0.1) is 0 Å². The zero-order valence-corrected chi connectivity index (χ0v) is 10.1. The van der Waals surface area contributed by atoms with Crippen LogP contribution in [0.25, 0.3) is 0 Å². The first-order valence-electron chi connectivity index (χ1n) is 4.93. The van der Waals surface area contributed by atoms with Crippen LogP contribution < -0.4 is 5.32 Å². The van der Waals surface area contributed by atoms with Crippen LogP contribution in [-0.4, -0.2) is 6.04 Å². The van der Waals surface area contributed by atoms with Crippen molar-refractivity contribution in [2.75, 3.05) is 0 Å². The van der Waals surface area contributed by atoms with Crippen LogP contribution in [0, 0.1) is 9.39 Å². The van der Waals surface area contributed by atoms with Crippen LogP contribution in [0.4, 0.5) is 4.39 Å². The third kappa shape index (κ3) is 2.45. The third-order valence-corrected chi connectivity index (χ3v) is 3.37. The van der Waals surface area contributed by atoms with Gasteiger partial charge < -0.3 is 5.32 Å². The van der Waals surface area contributed by atoms with E-state index in [-0.39, 0.29) is 5.82 Å². The maximum atomic E-state index is 13.3. The molecule has 2 rings (SSSR count). The number of nitrogens with one attached hydrogen (secondary N) is 1. The Bertz CT molecular complexity index is 323. The van der Waals surface area contributed by atoms with Gasteiger partial charge in [-0.2, -0.15) is 0 Å². The molecule has 1 aromatic carbocycles. The van der Waals surface area contributed by atoms with E-state index in [1.807, 2.05) is 6.07 Å². The molecule has 3 heteroatoms. The van der Waals surface area contributed by atoms with Gasteiger partial charge >= 0.3 is 0 Å². The van der Waals surface area contributed by atoms with Crippen molar-refractivity contribution >= 4 is 22.6 Å². The Hall–Kier alpha value is -0.160. The predicted molar refractivity (Wildman–Crippen MR) is 63.6 cm³/mol. The smallest absolute Gasteiger partial charge is 0.127 e. The first kappa shape index (κ1) is 10.4. The van der Waals surface area contributed by atoms with Crippen molar-refractivity contribution in [1.82, 2.24) is 5.32 Å². The first-order valence-corrected chi connectivity index (χ1v) is 6.01. The highest BCUT2D eigenvalue weighted by molar-refractivity contribution is 14.1. The molecule has 0 aliphatic heterocycles. The number of hydrogen-bond donors (Lipinski definition) is 1. The first-order chi connectivity index (χ1) is 6.75. The van der Waals surface area contributed by atoms with Crippen molar-refractivity contribution in [3.05, 3.63) is 33.1 Å². The lowest BCUT2D eigenvalue weighted by atomic mass is 9.93. The van der Waals surface area contributed by atoms with Crippen molar-refractivity contribution in [2.24, 2.45) is 0 Å². The Balaban J connectivity index is 1.96. The molecular weight excluding hydrogens is 292 g/mol. The molecule has 0 atom stereocenters.